The summed E-state index contributed by atoms with van der Waals surface area (Å²) in [5.74, 6) is 0.763. The van der Waals surface area contributed by atoms with Crippen molar-refractivity contribution in [2.75, 3.05) is 7.11 Å². The smallest absolute Gasteiger partial charge is 0.171 e. The molecule has 0 N–H and O–H groups in total. The molecule has 2 aromatic rings. The van der Waals surface area contributed by atoms with Crippen molar-refractivity contribution in [1.82, 2.24) is 5.16 Å². The van der Waals surface area contributed by atoms with Gasteiger partial charge in [0.15, 0.2) is 5.58 Å². The highest BCUT2D eigenvalue weighted by atomic mass is 16.5. The molecule has 0 aliphatic carbocycles. The molecule has 0 atom stereocenters. The summed E-state index contributed by atoms with van der Waals surface area (Å²) in [4.78, 5) is 0. The van der Waals surface area contributed by atoms with Crippen LogP contribution in [-0.4, -0.2) is 12.3 Å². The summed E-state index contributed by atoms with van der Waals surface area (Å²) < 4.78 is 10.1. The molecule has 1 heterocycles. The van der Waals surface area contributed by atoms with E-state index >= 15 is 0 Å². The van der Waals surface area contributed by atoms with Crippen LogP contribution in [0.5, 0.6) is 5.75 Å². The van der Waals surface area contributed by atoms with E-state index in [0.29, 0.717) is 5.58 Å². The molecule has 0 amide bonds. The Morgan fingerprint density at radius 1 is 1.54 bits per heavy atom. The van der Waals surface area contributed by atoms with Gasteiger partial charge in [0.25, 0.3) is 0 Å². The van der Waals surface area contributed by atoms with Crippen molar-refractivity contribution in [2.24, 2.45) is 0 Å². The minimum absolute atomic E-state index is 0.717. The van der Waals surface area contributed by atoms with E-state index in [0.717, 1.165) is 16.8 Å². The molecule has 1 aromatic carbocycles. The first-order chi connectivity index (χ1) is 6.35. The normalized spacial score (nSPS) is 10.2. The predicted molar refractivity (Wildman–Crippen MR) is 50.7 cm³/mol. The van der Waals surface area contributed by atoms with Crippen molar-refractivity contribution < 1.29 is 9.26 Å². The molecule has 0 fully saturated rings. The van der Waals surface area contributed by atoms with Crippen molar-refractivity contribution >= 4 is 17.0 Å². The lowest BCUT2D eigenvalue weighted by Crippen LogP contribution is -1.80. The number of hydrogen-bond acceptors (Lipinski definition) is 3. The van der Waals surface area contributed by atoms with E-state index in [9.17, 15) is 0 Å². The molecular weight excluding hydrogens is 166 g/mol. The standard InChI is InChI=1S/C10H9NO2/c1-3-9-8-5-4-7(12-2)6-10(8)13-11-9/h3-6H,1H2,2H3. The molecule has 0 saturated carbocycles. The summed E-state index contributed by atoms with van der Waals surface area (Å²) in [6, 6.07) is 5.57. The molecule has 0 unspecified atom stereocenters. The van der Waals surface area contributed by atoms with Gasteiger partial charge >= 0.3 is 0 Å². The molecule has 0 aliphatic rings. The van der Waals surface area contributed by atoms with E-state index in [2.05, 4.69) is 11.7 Å². The summed E-state index contributed by atoms with van der Waals surface area (Å²) in [5, 5.41) is 4.80. The van der Waals surface area contributed by atoms with Gasteiger partial charge < -0.3 is 9.26 Å². The second kappa shape index (κ2) is 2.94. The van der Waals surface area contributed by atoms with Crippen LogP contribution in [0, 0.1) is 0 Å². The largest absolute Gasteiger partial charge is 0.497 e. The Bertz CT molecular complexity index is 445. The Kier molecular flexibility index (Phi) is 1.77. The van der Waals surface area contributed by atoms with Crippen LogP contribution in [0.4, 0.5) is 0 Å². The van der Waals surface area contributed by atoms with Crippen LogP contribution < -0.4 is 4.74 Å². The summed E-state index contributed by atoms with van der Waals surface area (Å²) in [6.45, 7) is 3.64. The molecule has 0 saturated heterocycles. The fourth-order valence-corrected chi connectivity index (χ4v) is 1.21. The third-order valence-corrected chi connectivity index (χ3v) is 1.90. The van der Waals surface area contributed by atoms with Gasteiger partial charge in [-0.2, -0.15) is 0 Å². The number of fused-ring (bicyclic) bond motifs is 1. The number of benzene rings is 1. The van der Waals surface area contributed by atoms with Gasteiger partial charge in [-0.15, -0.1) is 0 Å². The highest BCUT2D eigenvalue weighted by molar-refractivity contribution is 5.85. The van der Waals surface area contributed by atoms with Crippen molar-refractivity contribution in [2.45, 2.75) is 0 Å². The van der Waals surface area contributed by atoms with Gasteiger partial charge in [0.05, 0.1) is 7.11 Å². The zero-order valence-electron chi connectivity index (χ0n) is 7.28. The molecule has 1 aromatic heterocycles. The van der Waals surface area contributed by atoms with Crippen LogP contribution in [0.2, 0.25) is 0 Å². The third-order valence-electron chi connectivity index (χ3n) is 1.90. The Morgan fingerprint density at radius 2 is 2.38 bits per heavy atom. The van der Waals surface area contributed by atoms with E-state index in [4.69, 9.17) is 9.26 Å². The molecule has 0 spiro atoms. The molecule has 0 bridgehead atoms. The average molecular weight is 175 g/mol. The van der Waals surface area contributed by atoms with Crippen LogP contribution in [0.15, 0.2) is 29.3 Å². The Labute approximate surface area is 75.6 Å². The minimum Gasteiger partial charge on any atom is -0.497 e. The number of rotatable bonds is 2. The van der Waals surface area contributed by atoms with E-state index in [1.54, 1.807) is 19.3 Å². The third kappa shape index (κ3) is 1.18. The van der Waals surface area contributed by atoms with Gasteiger partial charge in [0.2, 0.25) is 0 Å². The first kappa shape index (κ1) is 7.86. The Hall–Kier alpha value is -1.77. The lowest BCUT2D eigenvalue weighted by atomic mass is 10.2. The molecular formula is C10H9NO2. The van der Waals surface area contributed by atoms with Crippen LogP contribution >= 0.6 is 0 Å². The molecule has 2 rings (SSSR count). The summed E-state index contributed by atoms with van der Waals surface area (Å²) >= 11 is 0. The summed E-state index contributed by atoms with van der Waals surface area (Å²) in [7, 11) is 1.62. The minimum atomic E-state index is 0.717. The fraction of sp³-hybridized carbons (Fsp3) is 0.100. The van der Waals surface area contributed by atoms with Gasteiger partial charge in [-0.05, 0) is 18.2 Å². The number of methoxy groups -OCH3 is 1. The monoisotopic (exact) mass is 175 g/mol. The number of nitrogens with zero attached hydrogens (tertiary/aromatic N) is 1. The van der Waals surface area contributed by atoms with Crippen molar-refractivity contribution in [3.8, 4) is 5.75 Å². The lowest BCUT2D eigenvalue weighted by Gasteiger charge is -1.96. The second-order valence-electron chi connectivity index (χ2n) is 2.63. The first-order valence-electron chi connectivity index (χ1n) is 3.91. The summed E-state index contributed by atoms with van der Waals surface area (Å²) in [6.07, 6.45) is 1.66. The first-order valence-corrected chi connectivity index (χ1v) is 3.91. The SMILES string of the molecule is C=Cc1noc2cc(OC)ccc12. The molecule has 13 heavy (non-hydrogen) atoms. The fourth-order valence-electron chi connectivity index (χ4n) is 1.21. The van der Waals surface area contributed by atoms with Gasteiger partial charge in [-0.3, -0.25) is 0 Å². The number of ether oxygens (including phenoxy) is 1. The van der Waals surface area contributed by atoms with Crippen LogP contribution in [0.25, 0.3) is 17.0 Å². The zero-order valence-corrected chi connectivity index (χ0v) is 7.28. The summed E-state index contributed by atoms with van der Waals surface area (Å²) in [5.41, 5.74) is 1.48. The maximum atomic E-state index is 5.08. The van der Waals surface area contributed by atoms with Crippen molar-refractivity contribution in [3.63, 3.8) is 0 Å². The van der Waals surface area contributed by atoms with Gasteiger partial charge in [0, 0.05) is 11.5 Å². The highest BCUT2D eigenvalue weighted by Crippen LogP contribution is 2.23. The van der Waals surface area contributed by atoms with E-state index < -0.39 is 0 Å². The molecule has 66 valence electrons. The average Bonchev–Trinajstić information content (AvgIpc) is 2.59. The molecule has 0 radical (unpaired) electrons. The molecule has 0 aliphatic heterocycles. The lowest BCUT2D eigenvalue weighted by molar-refractivity contribution is 0.411. The van der Waals surface area contributed by atoms with Gasteiger partial charge in [-0.25, -0.2) is 0 Å². The van der Waals surface area contributed by atoms with E-state index in [1.807, 2.05) is 12.1 Å². The highest BCUT2D eigenvalue weighted by Gasteiger charge is 2.05. The topological polar surface area (TPSA) is 35.3 Å². The predicted octanol–water partition coefficient (Wildman–Crippen LogP) is 2.48. The van der Waals surface area contributed by atoms with Crippen LogP contribution in [-0.2, 0) is 0 Å². The quantitative estimate of drug-likeness (QED) is 0.703. The zero-order chi connectivity index (χ0) is 9.26. The van der Waals surface area contributed by atoms with E-state index in [1.165, 1.54) is 0 Å². The maximum Gasteiger partial charge on any atom is 0.171 e. The van der Waals surface area contributed by atoms with Crippen molar-refractivity contribution in [1.29, 1.82) is 0 Å². The Morgan fingerprint density at radius 3 is 3.08 bits per heavy atom. The van der Waals surface area contributed by atoms with Gasteiger partial charge in [0.1, 0.15) is 11.4 Å². The number of hydrogen-bond donors (Lipinski definition) is 0. The second-order valence-corrected chi connectivity index (χ2v) is 2.63. The van der Waals surface area contributed by atoms with Crippen LogP contribution in [0.1, 0.15) is 5.69 Å². The van der Waals surface area contributed by atoms with Gasteiger partial charge in [-0.1, -0.05) is 11.7 Å². The molecule has 3 heteroatoms. The van der Waals surface area contributed by atoms with E-state index in [-0.39, 0.29) is 0 Å². The van der Waals surface area contributed by atoms with Crippen LogP contribution in [0.3, 0.4) is 0 Å². The maximum absolute atomic E-state index is 5.08. The number of aromatic nitrogens is 1. The molecule has 3 nitrogen and oxygen atoms in total. The van der Waals surface area contributed by atoms with Crippen molar-refractivity contribution in [3.05, 3.63) is 30.5 Å². The Balaban J connectivity index is 2.67.